The quantitative estimate of drug-likeness (QED) is 0.0368. The van der Waals surface area contributed by atoms with Crippen molar-refractivity contribution in [1.29, 1.82) is 0 Å². The molecule has 1 fully saturated rings. The van der Waals surface area contributed by atoms with Gasteiger partial charge in [0.2, 0.25) is 52.4 Å². The van der Waals surface area contributed by atoms with E-state index < -0.39 is 132 Å². The lowest BCUT2D eigenvalue weighted by atomic mass is 9.97. The molecule has 1 aromatic rings. The van der Waals surface area contributed by atoms with Crippen LogP contribution in [0.25, 0.3) is 0 Å². The average Bonchev–Trinajstić information content (AvgIpc) is 4.05. The third-order valence-electron chi connectivity index (χ3n) is 12.2. The number of carboxylic acids is 2. The summed E-state index contributed by atoms with van der Waals surface area (Å²) in [6, 6.07) is -9.41. The van der Waals surface area contributed by atoms with Crippen LogP contribution in [0.4, 0.5) is 0 Å². The molecule has 1 aliphatic heterocycles. The van der Waals surface area contributed by atoms with E-state index in [9.17, 15) is 57.8 Å². The smallest absolute Gasteiger partial charge is 0.304 e. The van der Waals surface area contributed by atoms with E-state index in [0.717, 1.165) is 11.8 Å². The second-order valence-electron chi connectivity index (χ2n) is 19.0. The number of rotatable bonds is 33. The number of aromatic nitrogens is 2. The molecule has 0 unspecified atom stereocenters. The van der Waals surface area contributed by atoms with E-state index in [-0.39, 0.29) is 69.2 Å². The van der Waals surface area contributed by atoms with Crippen molar-refractivity contribution in [3.05, 3.63) is 18.2 Å². The molecule has 14 N–H and O–H groups in total. The standard InChI is InChI=1S/C47H78N12O13S/c1-8-27(6)38(49)44(69)56-32(20-25(2)3)42(67)54-30(12-9-10-17-48)41(66)55-31(14-15-36(61)62)46(71)59-18-11-13-34(59)43(68)58-39(26(4)5)45(70)57-33(21-29-22-50-24-52-29)40(65)51-23-35(60)53-28(7)47(72)73-19-16-37(63)64/h22,24-28,30-34,38-39H,8-21,23,48-49H2,1-7H3,(H,50,52)(H,51,65)(H,53,60)(H,54,67)(H,55,66)(H,56,69)(H,57,70)(H,58,68)(H,61,62)(H,63,64)/t27-,28-,30-,31-,32-,33-,34-,38-,39-/m0/s1. The van der Waals surface area contributed by atoms with Crippen LogP contribution in [0.2, 0.25) is 0 Å². The first-order valence-corrected chi connectivity index (χ1v) is 25.8. The second kappa shape index (κ2) is 32.1. The number of thioether (sulfide) groups is 1. The Kier molecular flexibility index (Phi) is 27.7. The lowest BCUT2D eigenvalue weighted by Gasteiger charge is -2.31. The molecule has 0 aromatic carbocycles. The molecule has 8 amide bonds. The molecule has 26 heteroatoms. The molecule has 25 nitrogen and oxygen atoms in total. The van der Waals surface area contributed by atoms with Crippen LogP contribution in [0.3, 0.4) is 0 Å². The molecule has 0 bridgehead atoms. The Bertz CT molecular complexity index is 2040. The van der Waals surface area contributed by atoms with Gasteiger partial charge in [0.15, 0.2) is 0 Å². The maximum Gasteiger partial charge on any atom is 0.304 e. The molecule has 73 heavy (non-hydrogen) atoms. The summed E-state index contributed by atoms with van der Waals surface area (Å²) in [5.41, 5.74) is 12.3. The van der Waals surface area contributed by atoms with E-state index in [0.29, 0.717) is 31.4 Å². The Morgan fingerprint density at radius 1 is 0.781 bits per heavy atom. The summed E-state index contributed by atoms with van der Waals surface area (Å²) in [6.45, 7) is 11.8. The van der Waals surface area contributed by atoms with Crippen molar-refractivity contribution in [2.45, 2.75) is 167 Å². The highest BCUT2D eigenvalue weighted by molar-refractivity contribution is 8.13. The summed E-state index contributed by atoms with van der Waals surface area (Å²) in [4.78, 5) is 153. The number of nitrogens with one attached hydrogen (secondary N) is 8. The number of aromatic amines is 1. The van der Waals surface area contributed by atoms with Crippen LogP contribution in [0.5, 0.6) is 0 Å². The van der Waals surface area contributed by atoms with E-state index in [4.69, 9.17) is 16.6 Å². The summed E-state index contributed by atoms with van der Waals surface area (Å²) in [5, 5.41) is 36.2. The highest BCUT2D eigenvalue weighted by Crippen LogP contribution is 2.21. The van der Waals surface area contributed by atoms with Crippen molar-refractivity contribution < 1.29 is 63.0 Å². The first kappa shape index (κ1) is 63.0. The molecule has 2 rings (SSSR count). The fourth-order valence-electron chi connectivity index (χ4n) is 7.70. The third-order valence-corrected chi connectivity index (χ3v) is 13.2. The van der Waals surface area contributed by atoms with Crippen LogP contribution in [-0.2, 0) is 59.2 Å². The van der Waals surface area contributed by atoms with Gasteiger partial charge in [0.05, 0.1) is 31.4 Å². The molecule has 1 aromatic heterocycles. The number of nitrogens with zero attached hydrogens (tertiary/aromatic N) is 2. The molecule has 0 spiro atoms. The first-order valence-electron chi connectivity index (χ1n) is 24.8. The minimum absolute atomic E-state index is 0.00420. The Hall–Kier alpha value is -6.15. The number of imidazole rings is 1. The highest BCUT2D eigenvalue weighted by Gasteiger charge is 2.41. The lowest BCUT2D eigenvalue weighted by molar-refractivity contribution is -0.144. The zero-order valence-electron chi connectivity index (χ0n) is 43.0. The zero-order valence-corrected chi connectivity index (χ0v) is 43.8. The Balaban J connectivity index is 2.29. The minimum Gasteiger partial charge on any atom is -0.481 e. The van der Waals surface area contributed by atoms with Gasteiger partial charge in [0, 0.05) is 37.0 Å². The predicted molar refractivity (Wildman–Crippen MR) is 269 cm³/mol. The van der Waals surface area contributed by atoms with Gasteiger partial charge in [-0.1, -0.05) is 59.7 Å². The first-order chi connectivity index (χ1) is 34.4. The second-order valence-corrected chi connectivity index (χ2v) is 20.1. The van der Waals surface area contributed by atoms with Crippen LogP contribution in [0, 0.1) is 17.8 Å². The van der Waals surface area contributed by atoms with Crippen LogP contribution in [0.15, 0.2) is 12.5 Å². The highest BCUT2D eigenvalue weighted by atomic mass is 32.2. The van der Waals surface area contributed by atoms with Crippen LogP contribution < -0.4 is 48.7 Å². The van der Waals surface area contributed by atoms with Gasteiger partial charge in [-0.3, -0.25) is 52.7 Å². The van der Waals surface area contributed by atoms with Gasteiger partial charge in [-0.25, -0.2) is 4.98 Å². The van der Waals surface area contributed by atoms with Crippen LogP contribution in [-0.4, -0.2) is 163 Å². The third kappa shape index (κ3) is 22.2. The number of aliphatic carboxylic acids is 2. The normalized spacial score (nSPS) is 16.6. The summed E-state index contributed by atoms with van der Waals surface area (Å²) < 4.78 is 0. The number of amides is 8. The molecule has 410 valence electrons. The van der Waals surface area contributed by atoms with E-state index in [1.54, 1.807) is 13.8 Å². The maximum absolute atomic E-state index is 14.4. The molecule has 2 heterocycles. The fraction of sp³-hybridized carbons (Fsp3) is 0.702. The number of carbonyl (C=O) groups excluding carboxylic acids is 9. The van der Waals surface area contributed by atoms with Gasteiger partial charge >= 0.3 is 11.9 Å². The molecular formula is C47H78N12O13S. The zero-order chi connectivity index (χ0) is 54.9. The number of H-pyrrole nitrogens is 1. The van der Waals surface area contributed by atoms with Crippen LogP contribution in [0.1, 0.15) is 118 Å². The molecule has 1 saturated heterocycles. The maximum atomic E-state index is 14.4. The number of unbranched alkanes of at least 4 members (excludes halogenated alkanes) is 1. The van der Waals surface area contributed by atoms with Crippen molar-refractivity contribution in [3.8, 4) is 0 Å². The molecule has 0 aliphatic carbocycles. The molecule has 0 saturated carbocycles. The monoisotopic (exact) mass is 1050 g/mol. The number of hydrogen-bond acceptors (Lipinski definition) is 15. The number of likely N-dealkylation sites (tertiary alicyclic amines) is 1. The predicted octanol–water partition coefficient (Wildman–Crippen LogP) is -1.21. The lowest BCUT2D eigenvalue weighted by Crippen LogP contribution is -2.60. The topological polar surface area (TPSA) is 396 Å². The van der Waals surface area contributed by atoms with Crippen LogP contribution >= 0.6 is 11.8 Å². The molecular weight excluding hydrogens is 973 g/mol. The van der Waals surface area contributed by atoms with E-state index >= 15 is 0 Å². The number of hydrogen-bond donors (Lipinski definition) is 12. The summed E-state index contributed by atoms with van der Waals surface area (Å²) in [7, 11) is 0. The van der Waals surface area contributed by atoms with E-state index in [1.807, 2.05) is 27.7 Å². The largest absolute Gasteiger partial charge is 0.481 e. The number of carboxylic acid groups (broad SMARTS) is 2. The minimum atomic E-state index is -1.47. The molecule has 0 radical (unpaired) electrons. The van der Waals surface area contributed by atoms with Crippen molar-refractivity contribution in [3.63, 3.8) is 0 Å². The summed E-state index contributed by atoms with van der Waals surface area (Å²) in [5.74, 6) is -9.00. The Morgan fingerprint density at radius 3 is 2.00 bits per heavy atom. The summed E-state index contributed by atoms with van der Waals surface area (Å²) in [6.07, 6.45) is 3.73. The van der Waals surface area contributed by atoms with E-state index in [1.165, 1.54) is 24.3 Å². The van der Waals surface area contributed by atoms with Gasteiger partial charge in [0.25, 0.3) is 0 Å². The van der Waals surface area contributed by atoms with Crippen molar-refractivity contribution >= 4 is 76.1 Å². The number of nitrogens with two attached hydrogens (primary N) is 2. The van der Waals surface area contributed by atoms with Gasteiger partial charge in [-0.2, -0.15) is 0 Å². The van der Waals surface area contributed by atoms with Gasteiger partial charge in [-0.05, 0) is 76.2 Å². The van der Waals surface area contributed by atoms with Crippen molar-refractivity contribution in [2.24, 2.45) is 29.2 Å². The van der Waals surface area contributed by atoms with Gasteiger partial charge < -0.3 is 68.8 Å². The average molecular weight is 1050 g/mol. The molecule has 1 aliphatic rings. The number of carbonyl (C=O) groups is 11. The van der Waals surface area contributed by atoms with Gasteiger partial charge in [-0.15, -0.1) is 0 Å². The summed E-state index contributed by atoms with van der Waals surface area (Å²) >= 11 is 0.738. The Morgan fingerprint density at radius 2 is 1.41 bits per heavy atom. The van der Waals surface area contributed by atoms with E-state index in [2.05, 4.69) is 47.2 Å². The van der Waals surface area contributed by atoms with Crippen molar-refractivity contribution in [2.75, 3.05) is 25.4 Å². The van der Waals surface area contributed by atoms with Gasteiger partial charge in [0.1, 0.15) is 36.3 Å². The Labute approximate surface area is 430 Å². The van der Waals surface area contributed by atoms with Crippen molar-refractivity contribution in [1.82, 2.24) is 52.1 Å². The fourth-order valence-corrected chi connectivity index (χ4v) is 8.48. The SMILES string of the molecule is CC[C@H](C)[C@H](N)C(=O)N[C@@H](CC(C)C)C(=O)N[C@@H](CCCCN)C(=O)N[C@@H](CCC(=O)O)C(=O)N1CCC[C@H]1C(=O)N[C@H](C(=O)N[C@@H](Cc1cnc[nH]1)C(=O)NCC(=O)N[C@@H](C)C(=O)SCCC(=O)O)C(C)C. The molecule has 9 atom stereocenters.